The normalized spacial score (nSPS) is 13.5. The van der Waals surface area contributed by atoms with Crippen molar-refractivity contribution in [1.82, 2.24) is 15.5 Å². The fraction of sp³-hybridized carbons (Fsp3) is 0.941. The van der Waals surface area contributed by atoms with Crippen molar-refractivity contribution in [3.63, 3.8) is 0 Å². The molecule has 5 heteroatoms. The Morgan fingerprint density at radius 3 is 2.45 bits per heavy atom. The monoisotopic (exact) mass is 314 g/mol. The second-order valence-electron chi connectivity index (χ2n) is 5.53. The quantitative estimate of drug-likeness (QED) is 0.311. The topological polar surface area (TPSA) is 48.9 Å². The van der Waals surface area contributed by atoms with E-state index in [4.69, 9.17) is 4.74 Å². The molecule has 0 saturated carbocycles. The zero-order valence-electron chi connectivity index (χ0n) is 15.5. The summed E-state index contributed by atoms with van der Waals surface area (Å²) in [5.41, 5.74) is 0. The summed E-state index contributed by atoms with van der Waals surface area (Å²) < 4.78 is 5.34. The molecule has 0 aliphatic heterocycles. The number of ether oxygens (including phenoxy) is 1. The van der Waals surface area contributed by atoms with Gasteiger partial charge in [-0.15, -0.1) is 0 Å². The largest absolute Gasteiger partial charge is 0.382 e. The van der Waals surface area contributed by atoms with E-state index in [1.54, 1.807) is 0 Å². The molecule has 0 fully saturated rings. The van der Waals surface area contributed by atoms with Crippen LogP contribution in [0.4, 0.5) is 0 Å². The molecule has 0 amide bonds. The number of aliphatic imine (C=N–C) groups is 1. The van der Waals surface area contributed by atoms with Gasteiger partial charge in [0.15, 0.2) is 5.96 Å². The molecular formula is C17H38N4O. The minimum Gasteiger partial charge on any atom is -0.382 e. The highest BCUT2D eigenvalue weighted by molar-refractivity contribution is 5.79. The molecule has 132 valence electrons. The molecule has 0 aliphatic rings. The van der Waals surface area contributed by atoms with Gasteiger partial charge in [0.2, 0.25) is 0 Å². The Balaban J connectivity index is 4.00. The van der Waals surface area contributed by atoms with Crippen molar-refractivity contribution in [2.75, 3.05) is 45.9 Å². The molecule has 0 aromatic rings. The molecule has 0 bridgehead atoms. The average Bonchev–Trinajstić information content (AvgIpc) is 2.51. The average molecular weight is 315 g/mol. The van der Waals surface area contributed by atoms with Crippen LogP contribution in [0.2, 0.25) is 0 Å². The first-order valence-corrected chi connectivity index (χ1v) is 9.02. The lowest BCUT2D eigenvalue weighted by Crippen LogP contribution is -2.42. The van der Waals surface area contributed by atoms with Gasteiger partial charge in [-0.1, -0.05) is 13.8 Å². The van der Waals surface area contributed by atoms with Crippen molar-refractivity contribution in [3.8, 4) is 0 Å². The summed E-state index contributed by atoms with van der Waals surface area (Å²) in [5, 5.41) is 6.81. The van der Waals surface area contributed by atoms with Gasteiger partial charge < -0.3 is 20.3 Å². The van der Waals surface area contributed by atoms with Gasteiger partial charge in [-0.2, -0.15) is 0 Å². The summed E-state index contributed by atoms with van der Waals surface area (Å²) in [6.45, 7) is 17.5. The molecular weight excluding hydrogens is 276 g/mol. The van der Waals surface area contributed by atoms with Crippen molar-refractivity contribution < 1.29 is 4.74 Å². The number of guanidine groups is 1. The Morgan fingerprint density at radius 1 is 1.14 bits per heavy atom. The predicted octanol–water partition coefficient (Wildman–Crippen LogP) is 2.48. The van der Waals surface area contributed by atoms with E-state index in [-0.39, 0.29) is 0 Å². The second kappa shape index (κ2) is 15.1. The van der Waals surface area contributed by atoms with Crippen molar-refractivity contribution in [2.45, 2.75) is 59.9 Å². The zero-order valence-corrected chi connectivity index (χ0v) is 15.5. The molecule has 5 nitrogen and oxygen atoms in total. The molecule has 0 rings (SSSR count). The molecule has 0 heterocycles. The van der Waals surface area contributed by atoms with E-state index in [0.717, 1.165) is 51.8 Å². The lowest BCUT2D eigenvalue weighted by atomic mass is 10.2. The van der Waals surface area contributed by atoms with Gasteiger partial charge in [0.1, 0.15) is 0 Å². The van der Waals surface area contributed by atoms with E-state index in [0.29, 0.717) is 6.04 Å². The highest BCUT2D eigenvalue weighted by Gasteiger charge is 2.06. The van der Waals surface area contributed by atoms with Crippen LogP contribution in [0.3, 0.4) is 0 Å². The highest BCUT2D eigenvalue weighted by atomic mass is 16.5. The van der Waals surface area contributed by atoms with Crippen LogP contribution in [0.5, 0.6) is 0 Å². The molecule has 0 spiro atoms. The van der Waals surface area contributed by atoms with E-state index in [9.17, 15) is 0 Å². The molecule has 0 aromatic heterocycles. The fourth-order valence-electron chi connectivity index (χ4n) is 2.29. The van der Waals surface area contributed by atoms with Crippen LogP contribution in [-0.4, -0.2) is 62.8 Å². The van der Waals surface area contributed by atoms with Crippen LogP contribution in [0.25, 0.3) is 0 Å². The highest BCUT2D eigenvalue weighted by Crippen LogP contribution is 1.99. The second-order valence-corrected chi connectivity index (χ2v) is 5.53. The van der Waals surface area contributed by atoms with E-state index >= 15 is 0 Å². The first-order chi connectivity index (χ1) is 10.7. The summed E-state index contributed by atoms with van der Waals surface area (Å²) >= 11 is 0. The molecule has 0 saturated heterocycles. The number of nitrogens with one attached hydrogen (secondary N) is 2. The summed E-state index contributed by atoms with van der Waals surface area (Å²) in [7, 11) is 0. The van der Waals surface area contributed by atoms with Crippen molar-refractivity contribution in [1.29, 1.82) is 0 Å². The third-order valence-electron chi connectivity index (χ3n) is 3.65. The summed E-state index contributed by atoms with van der Waals surface area (Å²) in [5.74, 6) is 0.925. The molecule has 2 N–H and O–H groups in total. The van der Waals surface area contributed by atoms with Crippen LogP contribution in [0.1, 0.15) is 53.9 Å². The van der Waals surface area contributed by atoms with Crippen molar-refractivity contribution in [2.24, 2.45) is 4.99 Å². The van der Waals surface area contributed by atoms with Crippen LogP contribution >= 0.6 is 0 Å². The molecule has 0 aliphatic carbocycles. The third-order valence-corrected chi connectivity index (χ3v) is 3.65. The van der Waals surface area contributed by atoms with Gasteiger partial charge in [0.25, 0.3) is 0 Å². The van der Waals surface area contributed by atoms with E-state index in [1.165, 1.54) is 19.4 Å². The molecule has 0 aromatic carbocycles. The summed E-state index contributed by atoms with van der Waals surface area (Å²) in [6, 6.07) is 0.445. The maximum atomic E-state index is 5.34. The van der Waals surface area contributed by atoms with Crippen LogP contribution in [-0.2, 0) is 4.74 Å². The van der Waals surface area contributed by atoms with Gasteiger partial charge in [-0.3, -0.25) is 4.99 Å². The Morgan fingerprint density at radius 2 is 1.86 bits per heavy atom. The van der Waals surface area contributed by atoms with Gasteiger partial charge in [-0.25, -0.2) is 0 Å². The van der Waals surface area contributed by atoms with Gasteiger partial charge in [-0.05, 0) is 59.7 Å². The Kier molecular flexibility index (Phi) is 14.5. The van der Waals surface area contributed by atoms with E-state index < -0.39 is 0 Å². The van der Waals surface area contributed by atoms with Crippen molar-refractivity contribution in [3.05, 3.63) is 0 Å². The summed E-state index contributed by atoms with van der Waals surface area (Å²) in [4.78, 5) is 7.08. The molecule has 22 heavy (non-hydrogen) atoms. The molecule has 1 atom stereocenters. The van der Waals surface area contributed by atoms with Gasteiger partial charge in [0.05, 0.1) is 0 Å². The first-order valence-electron chi connectivity index (χ1n) is 9.02. The number of hydrogen-bond acceptors (Lipinski definition) is 3. The maximum Gasteiger partial charge on any atom is 0.191 e. The SMILES string of the molecule is CCNC(=NCCCOCC)NC(C)CCCN(CC)CC. The van der Waals surface area contributed by atoms with Crippen molar-refractivity contribution >= 4 is 5.96 Å². The third kappa shape index (κ3) is 11.8. The smallest absolute Gasteiger partial charge is 0.191 e. The minimum absolute atomic E-state index is 0.445. The Hall–Kier alpha value is -0.810. The lowest BCUT2D eigenvalue weighted by Gasteiger charge is -2.21. The zero-order chi connectivity index (χ0) is 16.6. The maximum absolute atomic E-state index is 5.34. The van der Waals surface area contributed by atoms with Gasteiger partial charge in [0, 0.05) is 32.3 Å². The standard InChI is InChI=1S/C17H38N4O/c1-6-18-17(19-13-11-15-22-9-4)20-16(5)12-10-14-21(7-2)8-3/h16H,6-15H2,1-5H3,(H2,18,19,20). The van der Waals surface area contributed by atoms with Gasteiger partial charge >= 0.3 is 0 Å². The number of hydrogen-bond donors (Lipinski definition) is 2. The Labute approximate surface area is 137 Å². The van der Waals surface area contributed by atoms with E-state index in [2.05, 4.69) is 48.2 Å². The predicted molar refractivity (Wildman–Crippen MR) is 96.7 cm³/mol. The Bertz CT molecular complexity index is 267. The number of rotatable bonds is 13. The lowest BCUT2D eigenvalue weighted by molar-refractivity contribution is 0.146. The van der Waals surface area contributed by atoms with Crippen LogP contribution in [0, 0.1) is 0 Å². The fourth-order valence-corrected chi connectivity index (χ4v) is 2.29. The minimum atomic E-state index is 0.445. The summed E-state index contributed by atoms with van der Waals surface area (Å²) in [6.07, 6.45) is 3.36. The van der Waals surface area contributed by atoms with E-state index in [1.807, 2.05) is 6.92 Å². The molecule has 0 radical (unpaired) electrons. The van der Waals surface area contributed by atoms with Crippen LogP contribution in [0.15, 0.2) is 4.99 Å². The van der Waals surface area contributed by atoms with Crippen LogP contribution < -0.4 is 10.6 Å². The molecule has 1 unspecified atom stereocenters. The first kappa shape index (κ1) is 21.2. The number of nitrogens with zero attached hydrogens (tertiary/aromatic N) is 2.